The van der Waals surface area contributed by atoms with E-state index in [0.29, 0.717) is 5.56 Å². The summed E-state index contributed by atoms with van der Waals surface area (Å²) in [6, 6.07) is 12.6. The molecule has 26 heavy (non-hydrogen) atoms. The molecule has 1 amide bonds. The third-order valence-corrected chi connectivity index (χ3v) is 5.15. The molecule has 0 saturated heterocycles. The van der Waals surface area contributed by atoms with Crippen molar-refractivity contribution in [3.05, 3.63) is 75.9 Å². The number of fused-ring (bicyclic) bond motifs is 3. The zero-order valence-electron chi connectivity index (χ0n) is 14.3. The Hall–Kier alpha value is -3.15. The Balaban J connectivity index is 1.76. The molecule has 0 bridgehead atoms. The van der Waals surface area contributed by atoms with E-state index in [2.05, 4.69) is 22.8 Å². The molecule has 0 radical (unpaired) electrons. The van der Waals surface area contributed by atoms with Gasteiger partial charge in [0.2, 0.25) is 5.91 Å². The van der Waals surface area contributed by atoms with Crippen LogP contribution in [0.25, 0.3) is 0 Å². The lowest BCUT2D eigenvalue weighted by Crippen LogP contribution is -2.29. The molecule has 1 aliphatic carbocycles. The number of benzene rings is 2. The molecule has 0 spiro atoms. The number of anilines is 2. The number of carbonyl (C=O) groups is 1. The van der Waals surface area contributed by atoms with E-state index in [1.807, 2.05) is 30.3 Å². The van der Waals surface area contributed by atoms with Crippen LogP contribution in [0.5, 0.6) is 0 Å². The fourth-order valence-corrected chi connectivity index (χ4v) is 4.10. The van der Waals surface area contributed by atoms with Gasteiger partial charge in [-0.3, -0.25) is 14.9 Å². The number of rotatable bonds is 3. The first-order valence-electron chi connectivity index (χ1n) is 8.62. The molecule has 132 valence electrons. The Bertz CT molecular complexity index is 922. The minimum absolute atomic E-state index is 0.106. The van der Waals surface area contributed by atoms with Crippen molar-refractivity contribution >= 4 is 23.0 Å². The van der Waals surface area contributed by atoms with Gasteiger partial charge in [-0.25, -0.2) is 0 Å². The molecular formula is C20H19N3O3. The number of carbonyl (C=O) groups excluding carboxylic acids is 1. The van der Waals surface area contributed by atoms with Crippen molar-refractivity contribution in [3.63, 3.8) is 0 Å². The van der Waals surface area contributed by atoms with Crippen LogP contribution in [0.4, 0.5) is 17.1 Å². The first-order valence-corrected chi connectivity index (χ1v) is 8.62. The second-order valence-corrected chi connectivity index (χ2v) is 6.77. The van der Waals surface area contributed by atoms with Crippen molar-refractivity contribution in [2.75, 3.05) is 10.6 Å². The molecule has 2 aromatic rings. The number of nitro benzene ring substituents is 1. The van der Waals surface area contributed by atoms with Crippen LogP contribution < -0.4 is 10.6 Å². The highest BCUT2D eigenvalue weighted by molar-refractivity contribution is 5.89. The average molecular weight is 349 g/mol. The number of para-hydroxylation sites is 1. The van der Waals surface area contributed by atoms with Gasteiger partial charge < -0.3 is 10.6 Å². The van der Waals surface area contributed by atoms with E-state index in [1.165, 1.54) is 6.92 Å². The van der Waals surface area contributed by atoms with Crippen molar-refractivity contribution in [2.45, 2.75) is 25.3 Å². The van der Waals surface area contributed by atoms with Gasteiger partial charge in [0.15, 0.2) is 0 Å². The second-order valence-electron chi connectivity index (χ2n) is 6.77. The number of hydrogen-bond donors (Lipinski definition) is 2. The highest BCUT2D eigenvalue weighted by Gasteiger charge is 2.40. The van der Waals surface area contributed by atoms with Gasteiger partial charge >= 0.3 is 0 Å². The lowest BCUT2D eigenvalue weighted by Gasteiger charge is -2.37. The van der Waals surface area contributed by atoms with Crippen LogP contribution in [-0.4, -0.2) is 10.8 Å². The fourth-order valence-electron chi connectivity index (χ4n) is 4.10. The Kier molecular flexibility index (Phi) is 3.95. The Morgan fingerprint density at radius 2 is 2.04 bits per heavy atom. The van der Waals surface area contributed by atoms with Gasteiger partial charge in [-0.05, 0) is 36.1 Å². The number of amides is 1. The molecule has 2 aliphatic rings. The molecule has 4 rings (SSSR count). The van der Waals surface area contributed by atoms with Crippen LogP contribution >= 0.6 is 0 Å². The van der Waals surface area contributed by atoms with Gasteiger partial charge in [0.1, 0.15) is 0 Å². The molecule has 2 aromatic carbocycles. The van der Waals surface area contributed by atoms with E-state index >= 15 is 0 Å². The number of allylic oxidation sites excluding steroid dienone is 2. The van der Waals surface area contributed by atoms with Crippen molar-refractivity contribution < 1.29 is 9.72 Å². The maximum Gasteiger partial charge on any atom is 0.274 e. The van der Waals surface area contributed by atoms with Gasteiger partial charge in [0.05, 0.1) is 16.5 Å². The third kappa shape index (κ3) is 2.73. The molecule has 3 atom stereocenters. The monoisotopic (exact) mass is 349 g/mol. The molecule has 2 N–H and O–H groups in total. The first-order chi connectivity index (χ1) is 12.5. The normalized spacial score (nSPS) is 22.9. The molecule has 0 fully saturated rings. The zero-order valence-corrected chi connectivity index (χ0v) is 14.3. The Labute approximate surface area is 151 Å². The predicted octanol–water partition coefficient (Wildman–Crippen LogP) is 4.38. The van der Waals surface area contributed by atoms with Crippen LogP contribution in [0.15, 0.2) is 54.6 Å². The molecule has 6 heteroatoms. The summed E-state index contributed by atoms with van der Waals surface area (Å²) in [5.74, 6) is 0.269. The van der Waals surface area contributed by atoms with Crippen LogP contribution in [0.2, 0.25) is 0 Å². The van der Waals surface area contributed by atoms with E-state index in [1.54, 1.807) is 12.1 Å². The Morgan fingerprint density at radius 3 is 2.81 bits per heavy atom. The number of hydrogen-bond acceptors (Lipinski definition) is 4. The van der Waals surface area contributed by atoms with Crippen LogP contribution in [-0.2, 0) is 4.79 Å². The fraction of sp³-hybridized carbons (Fsp3) is 0.250. The van der Waals surface area contributed by atoms with Crippen LogP contribution in [0, 0.1) is 16.0 Å². The van der Waals surface area contributed by atoms with Crippen molar-refractivity contribution in [2.24, 2.45) is 5.92 Å². The molecule has 0 saturated carbocycles. The van der Waals surface area contributed by atoms with Gasteiger partial charge in [0.25, 0.3) is 5.69 Å². The van der Waals surface area contributed by atoms with E-state index in [9.17, 15) is 14.9 Å². The number of nitro groups is 1. The maximum absolute atomic E-state index is 11.5. The van der Waals surface area contributed by atoms with Gasteiger partial charge in [-0.2, -0.15) is 0 Å². The highest BCUT2D eigenvalue weighted by Crippen LogP contribution is 2.51. The smallest absolute Gasteiger partial charge is 0.274 e. The molecule has 1 heterocycles. The molecule has 1 aliphatic heterocycles. The minimum Gasteiger partial charge on any atom is -0.377 e. The average Bonchev–Trinajstić information content (AvgIpc) is 3.10. The molecule has 0 aromatic heterocycles. The molecule has 0 unspecified atom stereocenters. The van der Waals surface area contributed by atoms with Gasteiger partial charge in [-0.15, -0.1) is 0 Å². The largest absolute Gasteiger partial charge is 0.377 e. The SMILES string of the molecule is CC(=O)Nc1ccc2c(c1)[C@@H]1C=CC[C@@H]1[C@H](c1ccccc1[N+](=O)[O-])N2. The van der Waals surface area contributed by atoms with Crippen LogP contribution in [0.1, 0.15) is 36.4 Å². The van der Waals surface area contributed by atoms with E-state index in [-0.39, 0.29) is 34.4 Å². The lowest BCUT2D eigenvalue weighted by molar-refractivity contribution is -0.385. The topological polar surface area (TPSA) is 84.3 Å². The van der Waals surface area contributed by atoms with Gasteiger partial charge in [-0.1, -0.05) is 30.4 Å². The molecular weight excluding hydrogens is 330 g/mol. The summed E-state index contributed by atoms with van der Waals surface area (Å²) in [4.78, 5) is 22.5. The zero-order chi connectivity index (χ0) is 18.3. The summed E-state index contributed by atoms with van der Waals surface area (Å²) < 4.78 is 0. The summed E-state index contributed by atoms with van der Waals surface area (Å²) in [5, 5.41) is 17.8. The van der Waals surface area contributed by atoms with E-state index < -0.39 is 0 Å². The standard InChI is InChI=1S/C20H19N3O3/c1-12(24)21-13-9-10-18-17(11-13)14-6-4-7-15(14)20(22-18)16-5-2-3-8-19(16)23(25)26/h2-6,8-11,14-15,20,22H,7H2,1H3,(H,21,24)/t14-,15+,20-/m1/s1. The summed E-state index contributed by atoms with van der Waals surface area (Å²) in [5.41, 5.74) is 3.70. The first kappa shape index (κ1) is 16.3. The van der Waals surface area contributed by atoms with Crippen molar-refractivity contribution in [3.8, 4) is 0 Å². The summed E-state index contributed by atoms with van der Waals surface area (Å²) in [6.45, 7) is 1.49. The third-order valence-electron chi connectivity index (χ3n) is 5.15. The molecule has 6 nitrogen and oxygen atoms in total. The van der Waals surface area contributed by atoms with E-state index in [0.717, 1.165) is 23.4 Å². The number of nitrogens with zero attached hydrogens (tertiary/aromatic N) is 1. The summed E-state index contributed by atoms with van der Waals surface area (Å²) in [7, 11) is 0. The van der Waals surface area contributed by atoms with Crippen molar-refractivity contribution in [1.82, 2.24) is 0 Å². The Morgan fingerprint density at radius 1 is 1.23 bits per heavy atom. The summed E-state index contributed by atoms with van der Waals surface area (Å²) >= 11 is 0. The second kappa shape index (κ2) is 6.29. The number of nitrogens with one attached hydrogen (secondary N) is 2. The predicted molar refractivity (Wildman–Crippen MR) is 100 cm³/mol. The van der Waals surface area contributed by atoms with Gasteiger partial charge in [0, 0.05) is 30.3 Å². The highest BCUT2D eigenvalue weighted by atomic mass is 16.6. The lowest BCUT2D eigenvalue weighted by atomic mass is 9.76. The minimum atomic E-state index is -0.316. The summed E-state index contributed by atoms with van der Waals surface area (Å²) in [6.07, 6.45) is 5.17. The quantitative estimate of drug-likeness (QED) is 0.489. The van der Waals surface area contributed by atoms with Crippen LogP contribution in [0.3, 0.4) is 0 Å². The van der Waals surface area contributed by atoms with Crippen molar-refractivity contribution in [1.29, 1.82) is 0 Å². The maximum atomic E-state index is 11.5. The van der Waals surface area contributed by atoms with E-state index in [4.69, 9.17) is 0 Å².